The lowest BCUT2D eigenvalue weighted by atomic mass is 10.1. The van der Waals surface area contributed by atoms with Crippen LogP contribution in [0.5, 0.6) is 0 Å². The van der Waals surface area contributed by atoms with Crippen LogP contribution < -0.4 is 5.73 Å². The van der Waals surface area contributed by atoms with Crippen molar-refractivity contribution in [1.29, 1.82) is 0 Å². The fourth-order valence-corrected chi connectivity index (χ4v) is 1.43. The summed E-state index contributed by atoms with van der Waals surface area (Å²) in [4.78, 5) is 3.74. The Morgan fingerprint density at radius 1 is 1.38 bits per heavy atom. The van der Waals surface area contributed by atoms with E-state index in [0.717, 1.165) is 6.07 Å². The molecule has 0 aliphatic carbocycles. The predicted molar refractivity (Wildman–Crippen MR) is 53.3 cm³/mol. The maximum atomic E-state index is 13.4. The lowest BCUT2D eigenvalue weighted by Gasteiger charge is -2.12. The minimum absolute atomic E-state index is 0.135. The lowest BCUT2D eigenvalue weighted by molar-refractivity contribution is 0.464. The average Bonchev–Trinajstić information content (AvgIpc) is 2.74. The van der Waals surface area contributed by atoms with Crippen molar-refractivity contribution in [3.63, 3.8) is 0 Å². The van der Waals surface area contributed by atoms with Crippen LogP contribution in [0.1, 0.15) is 11.6 Å². The SMILES string of the molecule is NC(Cn1cncn1)c1cccc(F)c1F. The first-order valence-electron chi connectivity index (χ1n) is 4.70. The predicted octanol–water partition coefficient (Wildman–Crippen LogP) is 1.26. The standard InChI is InChI=1S/C10H10F2N4/c11-8-3-1-2-7(10(8)12)9(13)4-16-6-14-5-15-16/h1-3,5-6,9H,4,13H2. The monoisotopic (exact) mass is 224 g/mol. The Balaban J connectivity index is 2.21. The van der Waals surface area contributed by atoms with E-state index in [1.807, 2.05) is 0 Å². The summed E-state index contributed by atoms with van der Waals surface area (Å²) in [5, 5.41) is 3.84. The van der Waals surface area contributed by atoms with E-state index in [1.54, 1.807) is 0 Å². The van der Waals surface area contributed by atoms with Crippen molar-refractivity contribution in [2.45, 2.75) is 12.6 Å². The zero-order valence-electron chi connectivity index (χ0n) is 8.35. The van der Waals surface area contributed by atoms with Crippen LogP contribution >= 0.6 is 0 Å². The summed E-state index contributed by atoms with van der Waals surface area (Å²) in [5.41, 5.74) is 5.90. The van der Waals surface area contributed by atoms with Gasteiger partial charge >= 0.3 is 0 Å². The van der Waals surface area contributed by atoms with Gasteiger partial charge < -0.3 is 5.73 Å². The molecule has 0 bridgehead atoms. The van der Waals surface area contributed by atoms with E-state index < -0.39 is 17.7 Å². The van der Waals surface area contributed by atoms with E-state index in [9.17, 15) is 8.78 Å². The Morgan fingerprint density at radius 3 is 2.88 bits per heavy atom. The molecular weight excluding hydrogens is 214 g/mol. The van der Waals surface area contributed by atoms with Crippen molar-refractivity contribution in [3.05, 3.63) is 48.1 Å². The zero-order valence-corrected chi connectivity index (χ0v) is 8.35. The molecule has 0 aliphatic heterocycles. The number of nitrogens with two attached hydrogens (primary N) is 1. The topological polar surface area (TPSA) is 56.7 Å². The molecule has 16 heavy (non-hydrogen) atoms. The molecule has 0 saturated heterocycles. The van der Waals surface area contributed by atoms with E-state index in [4.69, 9.17) is 5.73 Å². The molecule has 2 aromatic rings. The third-order valence-electron chi connectivity index (χ3n) is 2.23. The Bertz CT molecular complexity index is 470. The van der Waals surface area contributed by atoms with Gasteiger partial charge in [0.1, 0.15) is 12.7 Å². The number of benzene rings is 1. The highest BCUT2D eigenvalue weighted by atomic mass is 19.2. The molecule has 0 spiro atoms. The molecule has 4 nitrogen and oxygen atoms in total. The van der Waals surface area contributed by atoms with Crippen LogP contribution in [0.2, 0.25) is 0 Å². The molecule has 0 fully saturated rings. The van der Waals surface area contributed by atoms with Crippen molar-refractivity contribution < 1.29 is 8.78 Å². The van der Waals surface area contributed by atoms with Gasteiger partial charge in [0, 0.05) is 5.56 Å². The van der Waals surface area contributed by atoms with Gasteiger partial charge in [-0.1, -0.05) is 12.1 Å². The number of rotatable bonds is 3. The van der Waals surface area contributed by atoms with Crippen LogP contribution in [0.3, 0.4) is 0 Å². The van der Waals surface area contributed by atoms with E-state index in [2.05, 4.69) is 10.1 Å². The summed E-state index contributed by atoms with van der Waals surface area (Å²) in [6, 6.07) is 3.29. The van der Waals surface area contributed by atoms with E-state index in [1.165, 1.54) is 29.5 Å². The summed E-state index contributed by atoms with van der Waals surface area (Å²) in [6.07, 6.45) is 2.83. The van der Waals surface area contributed by atoms with Crippen molar-refractivity contribution in [1.82, 2.24) is 14.8 Å². The van der Waals surface area contributed by atoms with Gasteiger partial charge in [-0.05, 0) is 6.07 Å². The molecule has 0 saturated carbocycles. The molecule has 1 heterocycles. The maximum Gasteiger partial charge on any atom is 0.163 e. The molecule has 1 aromatic carbocycles. The zero-order chi connectivity index (χ0) is 11.5. The average molecular weight is 224 g/mol. The number of halogens is 2. The summed E-state index contributed by atoms with van der Waals surface area (Å²) in [5.74, 6) is -1.80. The molecular formula is C10H10F2N4. The minimum Gasteiger partial charge on any atom is -0.322 e. The molecule has 1 unspecified atom stereocenters. The molecule has 1 aromatic heterocycles. The van der Waals surface area contributed by atoms with Crippen molar-refractivity contribution in [2.24, 2.45) is 5.73 Å². The van der Waals surface area contributed by atoms with E-state index >= 15 is 0 Å². The minimum atomic E-state index is -0.907. The van der Waals surface area contributed by atoms with Crippen molar-refractivity contribution in [3.8, 4) is 0 Å². The van der Waals surface area contributed by atoms with Gasteiger partial charge in [0.15, 0.2) is 11.6 Å². The van der Waals surface area contributed by atoms with Crippen molar-refractivity contribution >= 4 is 0 Å². The molecule has 84 valence electrons. The van der Waals surface area contributed by atoms with E-state index in [0.29, 0.717) is 0 Å². The number of nitrogens with zero attached hydrogens (tertiary/aromatic N) is 3. The number of aromatic nitrogens is 3. The summed E-state index contributed by atoms with van der Waals surface area (Å²) < 4.78 is 27.8. The quantitative estimate of drug-likeness (QED) is 0.853. The Hall–Kier alpha value is -1.82. The van der Waals surface area contributed by atoms with Crippen LogP contribution in [0, 0.1) is 11.6 Å². The molecule has 0 aliphatic rings. The Morgan fingerprint density at radius 2 is 2.19 bits per heavy atom. The molecule has 2 rings (SSSR count). The molecule has 2 N–H and O–H groups in total. The molecule has 1 atom stereocenters. The second kappa shape index (κ2) is 4.36. The first-order chi connectivity index (χ1) is 7.68. The smallest absolute Gasteiger partial charge is 0.163 e. The molecule has 0 amide bonds. The van der Waals surface area contributed by atoms with Gasteiger partial charge in [0.05, 0.1) is 12.6 Å². The van der Waals surface area contributed by atoms with Crippen LogP contribution in [0.25, 0.3) is 0 Å². The van der Waals surface area contributed by atoms with Gasteiger partial charge in [-0.15, -0.1) is 0 Å². The second-order valence-corrected chi connectivity index (χ2v) is 3.37. The van der Waals surface area contributed by atoms with Crippen LogP contribution in [-0.4, -0.2) is 14.8 Å². The third-order valence-corrected chi connectivity index (χ3v) is 2.23. The fraction of sp³-hybridized carbons (Fsp3) is 0.200. The Labute approximate surface area is 90.7 Å². The van der Waals surface area contributed by atoms with Crippen LogP contribution in [-0.2, 0) is 6.54 Å². The normalized spacial score (nSPS) is 12.7. The second-order valence-electron chi connectivity index (χ2n) is 3.37. The fourth-order valence-electron chi connectivity index (χ4n) is 1.43. The third kappa shape index (κ3) is 2.06. The summed E-state index contributed by atoms with van der Waals surface area (Å²) in [6.45, 7) is 0.250. The van der Waals surface area contributed by atoms with E-state index in [-0.39, 0.29) is 12.1 Å². The van der Waals surface area contributed by atoms with Gasteiger partial charge in [0.25, 0.3) is 0 Å². The highest BCUT2D eigenvalue weighted by Crippen LogP contribution is 2.18. The van der Waals surface area contributed by atoms with Gasteiger partial charge in [0.2, 0.25) is 0 Å². The lowest BCUT2D eigenvalue weighted by Crippen LogP contribution is -2.19. The van der Waals surface area contributed by atoms with Crippen LogP contribution in [0.4, 0.5) is 8.78 Å². The summed E-state index contributed by atoms with van der Waals surface area (Å²) >= 11 is 0. The maximum absolute atomic E-state index is 13.4. The number of hydrogen-bond donors (Lipinski definition) is 1. The van der Waals surface area contributed by atoms with Gasteiger partial charge in [-0.3, -0.25) is 4.68 Å². The molecule has 0 radical (unpaired) electrons. The van der Waals surface area contributed by atoms with Crippen molar-refractivity contribution in [2.75, 3.05) is 0 Å². The van der Waals surface area contributed by atoms with Gasteiger partial charge in [-0.2, -0.15) is 5.10 Å². The highest BCUT2D eigenvalue weighted by molar-refractivity contribution is 5.22. The van der Waals surface area contributed by atoms with Gasteiger partial charge in [-0.25, -0.2) is 13.8 Å². The summed E-state index contributed by atoms with van der Waals surface area (Å²) in [7, 11) is 0. The number of hydrogen-bond acceptors (Lipinski definition) is 3. The first kappa shape index (κ1) is 10.7. The Kier molecular flexibility index (Phi) is 2.91. The largest absolute Gasteiger partial charge is 0.322 e. The molecule has 6 heteroatoms. The highest BCUT2D eigenvalue weighted by Gasteiger charge is 2.15. The first-order valence-corrected chi connectivity index (χ1v) is 4.70. The van der Waals surface area contributed by atoms with Crippen LogP contribution in [0.15, 0.2) is 30.9 Å².